The zero-order valence-electron chi connectivity index (χ0n) is 36.1. The van der Waals surface area contributed by atoms with Crippen molar-refractivity contribution in [3.63, 3.8) is 0 Å². The van der Waals surface area contributed by atoms with Crippen molar-refractivity contribution in [3.8, 4) is 41.1 Å². The number of hydrogen-bond donors (Lipinski definition) is 7. The van der Waals surface area contributed by atoms with Crippen molar-refractivity contribution in [3.05, 3.63) is 101 Å². The number of fused-ring (bicyclic) bond motifs is 6. The van der Waals surface area contributed by atoms with E-state index in [0.29, 0.717) is 36.1 Å². The predicted octanol–water partition coefficient (Wildman–Crippen LogP) is 7.56. The summed E-state index contributed by atoms with van der Waals surface area (Å²) in [6.45, 7) is 0.711. The van der Waals surface area contributed by atoms with Gasteiger partial charge in [-0.3, -0.25) is 10.1 Å². The average molecular weight is 863 g/mol. The largest absolute Gasteiger partial charge is 0.508 e. The lowest BCUT2D eigenvalue weighted by Gasteiger charge is -2.37. The highest BCUT2D eigenvalue weighted by Crippen LogP contribution is 2.52. The Morgan fingerprint density at radius 1 is 0.953 bits per heavy atom. The fourth-order valence-corrected chi connectivity index (χ4v) is 12.4. The Morgan fingerprint density at radius 2 is 1.78 bits per heavy atom. The van der Waals surface area contributed by atoms with E-state index in [1.165, 1.54) is 43.7 Å². The van der Waals surface area contributed by atoms with Gasteiger partial charge in [0, 0.05) is 67.2 Å². The van der Waals surface area contributed by atoms with Crippen LogP contribution in [-0.2, 0) is 11.2 Å². The van der Waals surface area contributed by atoms with E-state index in [-0.39, 0.29) is 54.5 Å². The molecule has 0 amide bonds. The average Bonchev–Trinajstić information content (AvgIpc) is 4.05. The summed E-state index contributed by atoms with van der Waals surface area (Å²) in [6, 6.07) is 7.24. The molecule has 10 atom stereocenters. The molecule has 0 radical (unpaired) electrons. The molecule has 4 aromatic rings. The summed E-state index contributed by atoms with van der Waals surface area (Å²) in [7, 11) is 0. The zero-order valence-corrected chi connectivity index (χ0v) is 36.1. The molecule has 3 aliphatic heterocycles. The SMILES string of the molecule is NC1NCC2C=CC3c4c(ccc1c42)C(O)C#CC1C(Oc2cc(CCC(=O)CC(O)C4C=CC(C5CCCCC5)CC4O)c(O)cc2OC#CC12CCCC2)n1cc2[nH]cc3c2c1. The van der Waals surface area contributed by atoms with Crippen LogP contribution in [0.5, 0.6) is 17.2 Å². The molecule has 2 saturated carbocycles. The first-order chi connectivity index (χ1) is 31.1. The summed E-state index contributed by atoms with van der Waals surface area (Å²) in [5.74, 6) is 10.6. The van der Waals surface area contributed by atoms with Gasteiger partial charge in [-0.05, 0) is 89.8 Å². The molecule has 4 aliphatic carbocycles. The lowest BCUT2D eigenvalue weighted by molar-refractivity contribution is -0.122. The summed E-state index contributed by atoms with van der Waals surface area (Å²) in [5.41, 5.74) is 12.5. The molecule has 2 bridgehead atoms. The van der Waals surface area contributed by atoms with Gasteiger partial charge in [-0.25, -0.2) is 0 Å². The van der Waals surface area contributed by atoms with Crippen LogP contribution in [0.25, 0.3) is 10.9 Å². The molecule has 11 rings (SSSR count). The Balaban J connectivity index is 0.910. The van der Waals surface area contributed by atoms with Crippen molar-refractivity contribution in [2.24, 2.45) is 34.8 Å². The van der Waals surface area contributed by atoms with Gasteiger partial charge in [0.15, 0.2) is 17.7 Å². The first-order valence-corrected chi connectivity index (χ1v) is 23.6. The van der Waals surface area contributed by atoms with Crippen LogP contribution in [0.4, 0.5) is 0 Å². The summed E-state index contributed by atoms with van der Waals surface area (Å²) < 4.78 is 15.3. The minimum absolute atomic E-state index is 0.0517. The number of Topliss-reactive ketones (excluding diaryl/α,β-unsaturated/α-hetero) is 1. The summed E-state index contributed by atoms with van der Waals surface area (Å²) in [6.07, 6.45) is 24.3. The molecule has 5 heterocycles. The lowest BCUT2D eigenvalue weighted by atomic mass is 9.71. The first-order valence-electron chi connectivity index (χ1n) is 23.6. The van der Waals surface area contributed by atoms with Gasteiger partial charge < -0.3 is 45.2 Å². The molecular weight excluding hydrogens is 805 g/mol. The topological polar surface area (TPSA) is 175 Å². The number of phenolic OH excluding ortho intramolecular Hbond substituents is 1. The number of aryl methyl sites for hydroxylation is 1. The number of H-pyrrole nitrogens is 1. The number of aliphatic hydroxyl groups excluding tert-OH is 3. The quantitative estimate of drug-likeness (QED) is 0.0731. The molecule has 2 aromatic heterocycles. The second-order valence-electron chi connectivity index (χ2n) is 19.6. The van der Waals surface area contributed by atoms with Gasteiger partial charge in [-0.15, -0.1) is 0 Å². The van der Waals surface area contributed by atoms with E-state index in [4.69, 9.17) is 15.2 Å². The van der Waals surface area contributed by atoms with Crippen molar-refractivity contribution < 1.29 is 34.7 Å². The maximum absolute atomic E-state index is 13.4. The Hall–Kier alpha value is -5.27. The first kappa shape index (κ1) is 41.4. The van der Waals surface area contributed by atoms with Crippen molar-refractivity contribution in [2.45, 2.75) is 126 Å². The van der Waals surface area contributed by atoms with Crippen molar-refractivity contribution in [1.82, 2.24) is 14.9 Å². The maximum atomic E-state index is 13.4. The van der Waals surface area contributed by atoms with Crippen LogP contribution in [0.15, 0.2) is 67.2 Å². The highest BCUT2D eigenvalue weighted by molar-refractivity contribution is 5.85. The van der Waals surface area contributed by atoms with E-state index in [2.05, 4.69) is 75.6 Å². The van der Waals surface area contributed by atoms with Gasteiger partial charge in [0.2, 0.25) is 0 Å². The third-order valence-corrected chi connectivity index (χ3v) is 15.9. The van der Waals surface area contributed by atoms with Gasteiger partial charge in [0.25, 0.3) is 0 Å². The van der Waals surface area contributed by atoms with E-state index in [1.807, 2.05) is 18.2 Å². The molecule has 7 aliphatic rings. The molecule has 64 heavy (non-hydrogen) atoms. The molecule has 0 saturated heterocycles. The van der Waals surface area contributed by atoms with Crippen molar-refractivity contribution >= 4 is 16.7 Å². The maximum Gasteiger partial charge on any atom is 0.191 e. The van der Waals surface area contributed by atoms with Crippen LogP contribution in [0.1, 0.15) is 141 Å². The van der Waals surface area contributed by atoms with E-state index in [1.54, 1.807) is 6.07 Å². The third-order valence-electron chi connectivity index (χ3n) is 15.9. The number of aromatic hydroxyl groups is 1. The number of ether oxygens (including phenoxy) is 2. The van der Waals surface area contributed by atoms with Gasteiger partial charge in [0.05, 0.1) is 35.2 Å². The molecule has 332 valence electrons. The number of phenols is 1. The smallest absolute Gasteiger partial charge is 0.191 e. The Bertz CT molecular complexity index is 2660. The number of ketones is 1. The van der Waals surface area contributed by atoms with E-state index in [9.17, 15) is 25.2 Å². The summed E-state index contributed by atoms with van der Waals surface area (Å²) in [4.78, 5) is 17.0. The number of carbonyl (C=O) groups excluding carboxylic acids is 1. The molecule has 2 fully saturated rings. The number of aromatic amines is 1. The van der Waals surface area contributed by atoms with Crippen LogP contribution in [0.3, 0.4) is 0 Å². The number of hydrogen-bond acceptors (Lipinski definition) is 9. The van der Waals surface area contributed by atoms with Crippen LogP contribution < -0.4 is 20.5 Å². The molecule has 8 N–H and O–H groups in total. The molecule has 1 spiro atoms. The summed E-state index contributed by atoms with van der Waals surface area (Å²) >= 11 is 0. The number of allylic oxidation sites excluding steroid dienone is 2. The molecule has 11 heteroatoms. The number of carbonyl (C=O) groups is 1. The minimum Gasteiger partial charge on any atom is -0.508 e. The molecule has 2 aromatic carbocycles. The zero-order chi connectivity index (χ0) is 43.7. The highest BCUT2D eigenvalue weighted by Gasteiger charge is 2.47. The van der Waals surface area contributed by atoms with Crippen LogP contribution in [0.2, 0.25) is 0 Å². The van der Waals surface area contributed by atoms with Gasteiger partial charge in [0.1, 0.15) is 23.7 Å². The number of benzene rings is 2. The Kier molecular flexibility index (Phi) is 10.8. The lowest BCUT2D eigenvalue weighted by Crippen LogP contribution is -2.39. The number of nitrogens with zero attached hydrogens (tertiary/aromatic N) is 1. The van der Waals surface area contributed by atoms with Crippen LogP contribution in [0, 0.1) is 53.0 Å². The number of nitrogens with two attached hydrogens (primary N) is 1. The van der Waals surface area contributed by atoms with E-state index < -0.39 is 41.8 Å². The van der Waals surface area contributed by atoms with Crippen LogP contribution in [-0.4, -0.2) is 54.5 Å². The van der Waals surface area contributed by atoms with Gasteiger partial charge in [-0.2, -0.15) is 0 Å². The minimum atomic E-state index is -1.09. The number of aliphatic hydroxyl groups is 3. The molecular formula is C53H58N4O7. The van der Waals surface area contributed by atoms with Gasteiger partial charge >= 0.3 is 0 Å². The number of nitrogens with one attached hydrogen (secondary N) is 2. The van der Waals surface area contributed by atoms with Crippen LogP contribution >= 0.6 is 0 Å². The fourth-order valence-electron chi connectivity index (χ4n) is 12.4. The fraction of sp³-hybridized carbons (Fsp3) is 0.491. The standard InChI is InChI=1S/C53H58N4O7/c54-51-38-15-14-37-43(59)17-16-41-52(57-28-40-39(27-55-42(40)29-57)35-12-10-33(26-56-51)49(38)50(35)37)64-48-23-32(44(60)25-47(48)63-21-20-53(41)18-4-5-19-53)8-11-34(58)24-46(62)36-13-9-31(22-45(36)61)30-6-2-1-3-7-30/h9-10,12-15,23,25,27-31,33,35-36,41,43,45-46,51-52,55-56,59-62H,1-8,11,18-19,22,24,26,54H2. The van der Waals surface area contributed by atoms with E-state index in [0.717, 1.165) is 58.8 Å². The number of aromatic nitrogens is 2. The second-order valence-corrected chi connectivity index (χ2v) is 19.6. The highest BCUT2D eigenvalue weighted by atomic mass is 16.5. The number of rotatable bonds is 7. The van der Waals surface area contributed by atoms with Gasteiger partial charge in [-0.1, -0.05) is 86.3 Å². The van der Waals surface area contributed by atoms with Crippen molar-refractivity contribution in [2.75, 3.05) is 6.54 Å². The Labute approximate surface area is 374 Å². The summed E-state index contributed by atoms with van der Waals surface area (Å²) in [5, 5.41) is 50.2. The normalized spacial score (nSPS) is 30.3. The third kappa shape index (κ3) is 7.27. The molecule has 10 unspecified atom stereocenters. The van der Waals surface area contributed by atoms with Crippen molar-refractivity contribution in [1.29, 1.82) is 0 Å². The molecule has 11 nitrogen and oxygen atoms in total. The van der Waals surface area contributed by atoms with E-state index >= 15 is 0 Å². The monoisotopic (exact) mass is 862 g/mol. The Morgan fingerprint density at radius 3 is 2.61 bits per heavy atom. The second kappa shape index (κ2) is 16.6. The predicted molar refractivity (Wildman–Crippen MR) is 242 cm³/mol.